The summed E-state index contributed by atoms with van der Waals surface area (Å²) in [5.41, 5.74) is 2.40. The molecule has 0 N–H and O–H groups in total. The van der Waals surface area contributed by atoms with E-state index in [4.69, 9.17) is 0 Å². The van der Waals surface area contributed by atoms with Crippen molar-refractivity contribution in [2.45, 2.75) is 33.4 Å². The van der Waals surface area contributed by atoms with Crippen LogP contribution in [0.2, 0.25) is 0 Å². The Morgan fingerprint density at radius 2 is 2.15 bits per heavy atom. The molecule has 0 aliphatic rings. The Balaban J connectivity index is 2.11. The van der Waals surface area contributed by atoms with Crippen molar-refractivity contribution in [1.82, 2.24) is 24.2 Å². The third-order valence-electron chi connectivity index (χ3n) is 3.27. The molecule has 2 aromatic rings. The number of hydrogen-bond acceptors (Lipinski definition) is 3. The van der Waals surface area contributed by atoms with E-state index in [-0.39, 0.29) is 5.91 Å². The van der Waals surface area contributed by atoms with Gasteiger partial charge in [-0.25, -0.2) is 4.98 Å². The summed E-state index contributed by atoms with van der Waals surface area (Å²) in [7, 11) is 3.62. The molecule has 2 heterocycles. The first-order valence-corrected chi connectivity index (χ1v) is 6.66. The number of hydrogen-bond donors (Lipinski definition) is 0. The van der Waals surface area contributed by atoms with Crippen molar-refractivity contribution in [1.29, 1.82) is 0 Å². The van der Waals surface area contributed by atoms with Gasteiger partial charge in [0.1, 0.15) is 5.69 Å². The van der Waals surface area contributed by atoms with Crippen LogP contribution in [0.3, 0.4) is 0 Å². The van der Waals surface area contributed by atoms with E-state index in [0.717, 1.165) is 11.3 Å². The van der Waals surface area contributed by atoms with E-state index in [9.17, 15) is 4.79 Å². The Bertz CT molecular complexity index is 591. The van der Waals surface area contributed by atoms with Crippen LogP contribution in [0.1, 0.15) is 41.6 Å². The van der Waals surface area contributed by atoms with Gasteiger partial charge in [0, 0.05) is 38.4 Å². The fraction of sp³-hybridized carbons (Fsp3) is 0.500. The van der Waals surface area contributed by atoms with E-state index in [1.807, 2.05) is 24.9 Å². The van der Waals surface area contributed by atoms with Crippen molar-refractivity contribution in [3.05, 3.63) is 35.7 Å². The summed E-state index contributed by atoms with van der Waals surface area (Å²) in [6.45, 7) is 6.53. The first-order valence-electron chi connectivity index (χ1n) is 6.66. The summed E-state index contributed by atoms with van der Waals surface area (Å²) in [5.74, 6) is -0.0280. The van der Waals surface area contributed by atoms with Gasteiger partial charge in [0.25, 0.3) is 5.91 Å². The van der Waals surface area contributed by atoms with E-state index in [2.05, 4.69) is 23.9 Å². The molecule has 6 heteroatoms. The second kappa shape index (κ2) is 5.48. The molecular formula is C14H21N5O. The number of carbonyl (C=O) groups is 1. The lowest BCUT2D eigenvalue weighted by molar-refractivity contribution is 0.0775. The van der Waals surface area contributed by atoms with E-state index in [0.29, 0.717) is 18.3 Å². The fourth-order valence-electron chi connectivity index (χ4n) is 2.12. The number of carbonyl (C=O) groups excluding carboxylic acids is 1. The molecule has 2 aromatic heterocycles. The second-order valence-corrected chi connectivity index (χ2v) is 5.37. The number of nitrogens with zero attached hydrogens (tertiary/aromatic N) is 5. The van der Waals surface area contributed by atoms with E-state index < -0.39 is 0 Å². The Morgan fingerprint density at radius 1 is 1.45 bits per heavy atom. The molecule has 0 saturated heterocycles. The van der Waals surface area contributed by atoms with Crippen LogP contribution in [0, 0.1) is 6.92 Å². The highest BCUT2D eigenvalue weighted by molar-refractivity contribution is 5.93. The highest BCUT2D eigenvalue weighted by Gasteiger charge is 2.19. The Kier molecular flexibility index (Phi) is 3.92. The smallest absolute Gasteiger partial charge is 0.272 e. The number of aromatic nitrogens is 4. The van der Waals surface area contributed by atoms with Crippen LogP contribution < -0.4 is 0 Å². The first kappa shape index (κ1) is 14.3. The predicted molar refractivity (Wildman–Crippen MR) is 76.4 cm³/mol. The molecule has 0 bridgehead atoms. The van der Waals surface area contributed by atoms with Gasteiger partial charge in [-0.1, -0.05) is 0 Å². The maximum atomic E-state index is 12.4. The van der Waals surface area contributed by atoms with Crippen molar-refractivity contribution >= 4 is 5.91 Å². The summed E-state index contributed by atoms with van der Waals surface area (Å²) in [6.07, 6.45) is 5.44. The van der Waals surface area contributed by atoms with Crippen LogP contribution in [0.15, 0.2) is 18.7 Å². The molecule has 0 spiro atoms. The largest absolute Gasteiger partial charge is 0.336 e. The van der Waals surface area contributed by atoms with E-state index in [1.165, 1.54) is 0 Å². The molecule has 0 saturated carbocycles. The number of rotatable bonds is 4. The zero-order chi connectivity index (χ0) is 14.9. The number of imidazole rings is 1. The Morgan fingerprint density at radius 3 is 2.65 bits per heavy atom. The molecule has 1 amide bonds. The molecule has 20 heavy (non-hydrogen) atoms. The zero-order valence-corrected chi connectivity index (χ0v) is 12.7. The second-order valence-electron chi connectivity index (χ2n) is 5.37. The fourth-order valence-corrected chi connectivity index (χ4v) is 2.12. The van der Waals surface area contributed by atoms with Crippen LogP contribution in [0.5, 0.6) is 0 Å². The molecule has 2 rings (SSSR count). The van der Waals surface area contributed by atoms with E-state index >= 15 is 0 Å². The highest BCUT2D eigenvalue weighted by Crippen LogP contribution is 2.12. The quantitative estimate of drug-likeness (QED) is 0.854. The minimum absolute atomic E-state index is 0.0280. The maximum absolute atomic E-state index is 12.4. The van der Waals surface area contributed by atoms with Gasteiger partial charge in [0.15, 0.2) is 0 Å². The summed E-state index contributed by atoms with van der Waals surface area (Å²) < 4.78 is 3.65. The first-order chi connectivity index (χ1) is 9.40. The lowest BCUT2D eigenvalue weighted by atomic mass is 10.2. The lowest BCUT2D eigenvalue weighted by Gasteiger charge is -2.17. The van der Waals surface area contributed by atoms with Gasteiger partial charge in [-0.05, 0) is 20.8 Å². The topological polar surface area (TPSA) is 56.0 Å². The van der Waals surface area contributed by atoms with Gasteiger partial charge in [-0.3, -0.25) is 9.48 Å². The van der Waals surface area contributed by atoms with Crippen molar-refractivity contribution in [2.75, 3.05) is 7.05 Å². The van der Waals surface area contributed by atoms with Gasteiger partial charge in [0.2, 0.25) is 0 Å². The van der Waals surface area contributed by atoms with Crippen LogP contribution >= 0.6 is 0 Å². The van der Waals surface area contributed by atoms with Crippen molar-refractivity contribution in [3.8, 4) is 0 Å². The lowest BCUT2D eigenvalue weighted by Crippen LogP contribution is -2.28. The number of amides is 1. The predicted octanol–water partition coefficient (Wildman–Crippen LogP) is 1.78. The Labute approximate surface area is 119 Å². The zero-order valence-electron chi connectivity index (χ0n) is 12.7. The van der Waals surface area contributed by atoms with E-state index in [1.54, 1.807) is 29.0 Å². The molecule has 108 valence electrons. The summed E-state index contributed by atoms with van der Waals surface area (Å²) in [6, 6.07) is 0.323. The standard InChI is InChI=1S/C14H21N5O/c1-10(2)19-8-12(6-16-19)7-17(4)14(20)13-11(3)15-9-18(13)5/h6,8-10H,7H2,1-5H3. The molecule has 0 radical (unpaired) electrons. The molecule has 0 aromatic carbocycles. The molecule has 0 fully saturated rings. The molecule has 0 aliphatic heterocycles. The average Bonchev–Trinajstić information content (AvgIpc) is 2.96. The minimum atomic E-state index is -0.0280. The molecule has 0 atom stereocenters. The van der Waals surface area contributed by atoms with Crippen LogP contribution in [-0.2, 0) is 13.6 Å². The monoisotopic (exact) mass is 275 g/mol. The SMILES string of the molecule is Cc1ncn(C)c1C(=O)N(C)Cc1cnn(C(C)C)c1. The van der Waals surface area contributed by atoms with Crippen molar-refractivity contribution in [2.24, 2.45) is 7.05 Å². The van der Waals surface area contributed by atoms with Crippen LogP contribution in [0.25, 0.3) is 0 Å². The van der Waals surface area contributed by atoms with Gasteiger partial charge in [-0.2, -0.15) is 5.10 Å². The summed E-state index contributed by atoms with van der Waals surface area (Å²) in [5, 5.41) is 4.29. The van der Waals surface area contributed by atoms with Crippen LogP contribution in [-0.4, -0.2) is 37.2 Å². The molecule has 0 unspecified atom stereocenters. The van der Waals surface area contributed by atoms with Gasteiger partial charge in [0.05, 0.1) is 18.2 Å². The molecular weight excluding hydrogens is 254 g/mol. The highest BCUT2D eigenvalue weighted by atomic mass is 16.2. The Hall–Kier alpha value is -2.11. The maximum Gasteiger partial charge on any atom is 0.272 e. The number of aryl methyl sites for hydroxylation is 2. The normalized spacial score (nSPS) is 11.1. The average molecular weight is 275 g/mol. The minimum Gasteiger partial charge on any atom is -0.336 e. The summed E-state index contributed by atoms with van der Waals surface area (Å²) >= 11 is 0. The molecule has 0 aliphatic carbocycles. The van der Waals surface area contributed by atoms with Crippen molar-refractivity contribution < 1.29 is 4.79 Å². The third-order valence-corrected chi connectivity index (χ3v) is 3.27. The van der Waals surface area contributed by atoms with Gasteiger partial charge < -0.3 is 9.47 Å². The van der Waals surface area contributed by atoms with Gasteiger partial charge >= 0.3 is 0 Å². The summed E-state index contributed by atoms with van der Waals surface area (Å²) in [4.78, 5) is 18.3. The van der Waals surface area contributed by atoms with Gasteiger partial charge in [-0.15, -0.1) is 0 Å². The molecule has 6 nitrogen and oxygen atoms in total. The van der Waals surface area contributed by atoms with Crippen LogP contribution in [0.4, 0.5) is 0 Å². The third kappa shape index (κ3) is 2.74. The van der Waals surface area contributed by atoms with Crippen molar-refractivity contribution in [3.63, 3.8) is 0 Å².